The maximum absolute atomic E-state index is 6.06. The smallest absolute Gasteiger partial charge is 0.189 e. The summed E-state index contributed by atoms with van der Waals surface area (Å²) in [5.74, 6) is 0.568. The summed E-state index contributed by atoms with van der Waals surface area (Å²) < 4.78 is 0.162. The van der Waals surface area contributed by atoms with Crippen molar-refractivity contribution in [2.75, 3.05) is 0 Å². The Balaban J connectivity index is 0.00000288. The van der Waals surface area contributed by atoms with E-state index < -0.39 is 0 Å². The average molecular weight is 462 g/mol. The molecule has 1 aromatic rings. The van der Waals surface area contributed by atoms with E-state index >= 15 is 0 Å². The van der Waals surface area contributed by atoms with Crippen molar-refractivity contribution in [2.45, 2.75) is 81.7 Å². The molecule has 0 aromatic carbocycles. The van der Waals surface area contributed by atoms with Crippen molar-refractivity contribution >= 4 is 41.7 Å². The largest absolute Gasteiger partial charge is 0.370 e. The Morgan fingerprint density at radius 1 is 1.29 bits per heavy atom. The molecule has 1 fully saturated rings. The minimum absolute atomic E-state index is 0. The predicted octanol–water partition coefficient (Wildman–Crippen LogP) is 4.72. The predicted molar refractivity (Wildman–Crippen MR) is 115 cm³/mol. The second-order valence-corrected chi connectivity index (χ2v) is 9.10. The summed E-state index contributed by atoms with van der Waals surface area (Å²) in [6.45, 7) is 7.18. The molecule has 136 valence electrons. The third-order valence-electron chi connectivity index (χ3n) is 3.85. The molecule has 0 amide bonds. The molecule has 1 aromatic heterocycles. The van der Waals surface area contributed by atoms with Crippen molar-refractivity contribution in [1.29, 1.82) is 0 Å². The third-order valence-corrected chi connectivity index (χ3v) is 4.89. The molecular formula is C18H31IN4S. The fourth-order valence-electron chi connectivity index (χ4n) is 2.77. The highest BCUT2D eigenvalue weighted by molar-refractivity contribution is 14.0. The molecule has 1 aliphatic carbocycles. The first-order valence-electron chi connectivity index (χ1n) is 8.63. The molecule has 0 aliphatic heterocycles. The Bertz CT molecular complexity index is 520. The van der Waals surface area contributed by atoms with Gasteiger partial charge in [-0.2, -0.15) is 0 Å². The lowest BCUT2D eigenvalue weighted by Crippen LogP contribution is -2.39. The van der Waals surface area contributed by atoms with Gasteiger partial charge in [-0.05, 0) is 30.5 Å². The van der Waals surface area contributed by atoms with Gasteiger partial charge < -0.3 is 11.1 Å². The van der Waals surface area contributed by atoms with Crippen molar-refractivity contribution in [1.82, 2.24) is 10.3 Å². The van der Waals surface area contributed by atoms with Crippen molar-refractivity contribution in [3.05, 3.63) is 23.9 Å². The van der Waals surface area contributed by atoms with Gasteiger partial charge in [0, 0.05) is 17.0 Å². The lowest BCUT2D eigenvalue weighted by atomic mass is 10.1. The van der Waals surface area contributed by atoms with E-state index in [1.165, 1.54) is 38.5 Å². The van der Waals surface area contributed by atoms with E-state index in [2.05, 4.69) is 42.1 Å². The first-order chi connectivity index (χ1) is 10.9. The first-order valence-corrected chi connectivity index (χ1v) is 9.44. The third kappa shape index (κ3) is 8.55. The Labute approximate surface area is 167 Å². The summed E-state index contributed by atoms with van der Waals surface area (Å²) in [5, 5.41) is 4.43. The second-order valence-electron chi connectivity index (χ2n) is 7.25. The molecule has 0 saturated heterocycles. The van der Waals surface area contributed by atoms with Gasteiger partial charge in [-0.15, -0.1) is 35.7 Å². The zero-order valence-electron chi connectivity index (χ0n) is 15.0. The number of pyridine rings is 1. The van der Waals surface area contributed by atoms with Crippen LogP contribution in [0.25, 0.3) is 0 Å². The van der Waals surface area contributed by atoms with Crippen LogP contribution >= 0.6 is 35.7 Å². The number of hydrogen-bond acceptors (Lipinski definition) is 3. The van der Waals surface area contributed by atoms with Gasteiger partial charge in [0.15, 0.2) is 5.96 Å². The number of aliphatic imine (C=N–C) groups is 1. The van der Waals surface area contributed by atoms with Crippen LogP contribution in [-0.4, -0.2) is 21.7 Å². The zero-order chi connectivity index (χ0) is 16.7. The lowest BCUT2D eigenvalue weighted by molar-refractivity contribution is 0.530. The van der Waals surface area contributed by atoms with Crippen LogP contribution < -0.4 is 11.1 Å². The van der Waals surface area contributed by atoms with Gasteiger partial charge >= 0.3 is 0 Å². The van der Waals surface area contributed by atoms with E-state index in [1.807, 2.05) is 12.3 Å². The number of halogens is 1. The fourth-order valence-corrected chi connectivity index (χ4v) is 3.72. The highest BCUT2D eigenvalue weighted by Gasteiger charge is 2.14. The summed E-state index contributed by atoms with van der Waals surface area (Å²) in [4.78, 5) is 8.93. The van der Waals surface area contributed by atoms with Gasteiger partial charge in [-0.3, -0.25) is 0 Å². The number of nitrogens with two attached hydrogens (primary N) is 1. The van der Waals surface area contributed by atoms with Crippen molar-refractivity contribution in [3.63, 3.8) is 0 Å². The molecule has 0 unspecified atom stereocenters. The Hall–Kier alpha value is -0.500. The van der Waals surface area contributed by atoms with E-state index in [-0.39, 0.29) is 28.7 Å². The Kier molecular flexibility index (Phi) is 9.41. The molecule has 24 heavy (non-hydrogen) atoms. The lowest BCUT2D eigenvalue weighted by Gasteiger charge is -2.17. The summed E-state index contributed by atoms with van der Waals surface area (Å²) in [6, 6.07) is 4.61. The van der Waals surface area contributed by atoms with E-state index in [4.69, 9.17) is 5.73 Å². The molecule has 1 aliphatic rings. The monoisotopic (exact) mass is 462 g/mol. The topological polar surface area (TPSA) is 63.3 Å². The molecule has 6 heteroatoms. The number of guanidine groups is 1. The second kappa shape index (κ2) is 10.5. The number of nitrogens with zero attached hydrogens (tertiary/aromatic N) is 2. The van der Waals surface area contributed by atoms with Crippen molar-refractivity contribution in [2.24, 2.45) is 10.7 Å². The van der Waals surface area contributed by atoms with Crippen LogP contribution in [0.3, 0.4) is 0 Å². The van der Waals surface area contributed by atoms with Crippen LogP contribution in [0.5, 0.6) is 0 Å². The SMILES string of the molecule is CC(C)(C)Sc1cc(CN=C(N)NC2CCCCCC2)ccn1.I. The summed E-state index contributed by atoms with van der Waals surface area (Å²) in [7, 11) is 0. The molecule has 3 N–H and O–H groups in total. The minimum atomic E-state index is 0. The molecular weight excluding hydrogens is 431 g/mol. The summed E-state index contributed by atoms with van der Waals surface area (Å²) >= 11 is 1.77. The quantitative estimate of drug-likeness (QED) is 0.224. The van der Waals surface area contributed by atoms with Crippen LogP contribution in [-0.2, 0) is 6.54 Å². The van der Waals surface area contributed by atoms with Crippen molar-refractivity contribution in [3.8, 4) is 0 Å². The normalized spacial score (nSPS) is 17.0. The van der Waals surface area contributed by atoms with Gasteiger partial charge in [0.05, 0.1) is 11.6 Å². The molecule has 0 spiro atoms. The van der Waals surface area contributed by atoms with Gasteiger partial charge in [-0.1, -0.05) is 46.5 Å². The highest BCUT2D eigenvalue weighted by atomic mass is 127. The number of aromatic nitrogens is 1. The molecule has 1 heterocycles. The van der Waals surface area contributed by atoms with Crippen molar-refractivity contribution < 1.29 is 0 Å². The number of thioether (sulfide) groups is 1. The van der Waals surface area contributed by atoms with Crippen LogP contribution in [0.2, 0.25) is 0 Å². The standard InChI is InChI=1S/C18H30N4S.HI/c1-18(2,3)23-16-12-14(10-11-20-16)13-21-17(19)22-15-8-6-4-5-7-9-15;/h10-12,15H,4-9,13H2,1-3H3,(H3,19,21,22);1H. The van der Waals surface area contributed by atoms with Crippen LogP contribution in [0.1, 0.15) is 64.9 Å². The van der Waals surface area contributed by atoms with Crippen LogP contribution in [0.4, 0.5) is 0 Å². The zero-order valence-corrected chi connectivity index (χ0v) is 18.2. The van der Waals surface area contributed by atoms with Gasteiger partial charge in [0.25, 0.3) is 0 Å². The van der Waals surface area contributed by atoms with E-state index in [0.29, 0.717) is 18.5 Å². The highest BCUT2D eigenvalue weighted by Crippen LogP contribution is 2.30. The Morgan fingerprint density at radius 3 is 2.58 bits per heavy atom. The maximum atomic E-state index is 6.06. The molecule has 4 nitrogen and oxygen atoms in total. The minimum Gasteiger partial charge on any atom is -0.370 e. The van der Waals surface area contributed by atoms with E-state index in [9.17, 15) is 0 Å². The Morgan fingerprint density at radius 2 is 1.96 bits per heavy atom. The first kappa shape index (κ1) is 21.5. The summed E-state index contributed by atoms with van der Waals surface area (Å²) in [5.41, 5.74) is 7.21. The summed E-state index contributed by atoms with van der Waals surface area (Å²) in [6.07, 6.45) is 9.55. The number of rotatable bonds is 4. The van der Waals surface area contributed by atoms with Gasteiger partial charge in [0.2, 0.25) is 0 Å². The van der Waals surface area contributed by atoms with Gasteiger partial charge in [0.1, 0.15) is 0 Å². The molecule has 0 atom stereocenters. The van der Waals surface area contributed by atoms with Crippen LogP contribution in [0, 0.1) is 0 Å². The molecule has 0 radical (unpaired) electrons. The molecule has 0 bridgehead atoms. The van der Waals surface area contributed by atoms with E-state index in [0.717, 1.165) is 10.6 Å². The van der Waals surface area contributed by atoms with E-state index in [1.54, 1.807) is 11.8 Å². The molecule has 2 rings (SSSR count). The fraction of sp³-hybridized carbons (Fsp3) is 0.667. The van der Waals surface area contributed by atoms with Crippen LogP contribution in [0.15, 0.2) is 28.3 Å². The number of nitrogens with one attached hydrogen (secondary N) is 1. The maximum Gasteiger partial charge on any atom is 0.189 e. The average Bonchev–Trinajstić information content (AvgIpc) is 2.72. The van der Waals surface area contributed by atoms with Gasteiger partial charge in [-0.25, -0.2) is 9.98 Å². The number of hydrogen-bond donors (Lipinski definition) is 2. The molecule has 1 saturated carbocycles.